The average Bonchev–Trinajstić information content (AvgIpc) is 3.26. The van der Waals surface area contributed by atoms with Crippen LogP contribution in [0.4, 0.5) is 0 Å². The molecule has 0 aliphatic heterocycles. The molecule has 102 valence electrons. The Balaban J connectivity index is 1.85. The van der Waals surface area contributed by atoms with Crippen LogP contribution >= 0.6 is 0 Å². The van der Waals surface area contributed by atoms with Crippen molar-refractivity contribution in [1.29, 1.82) is 5.26 Å². The molecule has 1 unspecified atom stereocenters. The molecule has 1 aromatic rings. The van der Waals surface area contributed by atoms with E-state index >= 15 is 0 Å². The fourth-order valence-corrected chi connectivity index (χ4v) is 1.79. The van der Waals surface area contributed by atoms with Gasteiger partial charge in [0.2, 0.25) is 0 Å². The van der Waals surface area contributed by atoms with Crippen LogP contribution in [0.1, 0.15) is 25.3 Å². The molecule has 4 heteroatoms. The molecule has 0 saturated heterocycles. The number of ether oxygens (including phenoxy) is 2. The summed E-state index contributed by atoms with van der Waals surface area (Å²) in [6.45, 7) is 3.76. The van der Waals surface area contributed by atoms with Gasteiger partial charge in [-0.05, 0) is 25.0 Å². The summed E-state index contributed by atoms with van der Waals surface area (Å²) in [6, 6.07) is 8.08. The summed E-state index contributed by atoms with van der Waals surface area (Å²) in [7, 11) is 1.59. The van der Waals surface area contributed by atoms with Crippen molar-refractivity contribution in [2.45, 2.75) is 25.8 Å². The minimum atomic E-state index is 0.442. The Morgan fingerprint density at radius 3 is 2.74 bits per heavy atom. The van der Waals surface area contributed by atoms with E-state index in [1.807, 2.05) is 6.07 Å². The molecule has 1 aliphatic carbocycles. The molecular weight excluding hydrogens is 240 g/mol. The number of nitriles is 1. The first-order chi connectivity index (χ1) is 9.21. The Morgan fingerprint density at radius 2 is 2.11 bits per heavy atom. The SMILES string of the molecule is COc1cc(C#N)cc(OCC(C)CNC2CC2)c1. The van der Waals surface area contributed by atoms with Gasteiger partial charge >= 0.3 is 0 Å². The second kappa shape index (κ2) is 6.44. The number of nitrogens with one attached hydrogen (secondary N) is 1. The summed E-state index contributed by atoms with van der Waals surface area (Å²) in [5.41, 5.74) is 0.554. The first-order valence-electron chi connectivity index (χ1n) is 6.66. The van der Waals surface area contributed by atoms with Gasteiger partial charge in [-0.3, -0.25) is 0 Å². The lowest BCUT2D eigenvalue weighted by Gasteiger charge is -2.14. The minimum Gasteiger partial charge on any atom is -0.497 e. The largest absolute Gasteiger partial charge is 0.497 e. The van der Waals surface area contributed by atoms with E-state index in [0.717, 1.165) is 12.6 Å². The summed E-state index contributed by atoms with van der Waals surface area (Å²) in [5, 5.41) is 12.4. The van der Waals surface area contributed by atoms with Gasteiger partial charge in [0, 0.05) is 24.6 Å². The molecule has 0 amide bonds. The molecular formula is C15H20N2O2. The summed E-state index contributed by atoms with van der Waals surface area (Å²) >= 11 is 0. The second-order valence-corrected chi connectivity index (χ2v) is 5.11. The molecule has 2 rings (SSSR count). The molecule has 0 radical (unpaired) electrons. The van der Waals surface area contributed by atoms with Crippen molar-refractivity contribution in [2.24, 2.45) is 5.92 Å². The third kappa shape index (κ3) is 4.46. The number of benzene rings is 1. The van der Waals surface area contributed by atoms with Crippen LogP contribution in [-0.4, -0.2) is 26.3 Å². The lowest BCUT2D eigenvalue weighted by molar-refractivity contribution is 0.254. The molecule has 1 aliphatic rings. The van der Waals surface area contributed by atoms with E-state index in [4.69, 9.17) is 14.7 Å². The molecule has 1 atom stereocenters. The first-order valence-corrected chi connectivity index (χ1v) is 6.66. The molecule has 0 bridgehead atoms. The van der Waals surface area contributed by atoms with Gasteiger partial charge in [-0.2, -0.15) is 5.26 Å². The van der Waals surface area contributed by atoms with Gasteiger partial charge in [0.25, 0.3) is 0 Å². The second-order valence-electron chi connectivity index (χ2n) is 5.11. The molecule has 19 heavy (non-hydrogen) atoms. The number of nitrogens with zero attached hydrogens (tertiary/aromatic N) is 1. The standard InChI is InChI=1S/C15H20N2O2/c1-11(9-17-13-3-4-13)10-19-15-6-12(8-16)5-14(7-15)18-2/h5-7,11,13,17H,3-4,9-10H2,1-2H3. The van der Waals surface area contributed by atoms with E-state index in [-0.39, 0.29) is 0 Å². The Hall–Kier alpha value is -1.73. The van der Waals surface area contributed by atoms with Crippen LogP contribution < -0.4 is 14.8 Å². The summed E-state index contributed by atoms with van der Waals surface area (Å²) in [6.07, 6.45) is 2.60. The van der Waals surface area contributed by atoms with Crippen LogP contribution in [0.5, 0.6) is 11.5 Å². The molecule has 1 fully saturated rings. The van der Waals surface area contributed by atoms with E-state index in [2.05, 4.69) is 18.3 Å². The van der Waals surface area contributed by atoms with E-state index < -0.39 is 0 Å². The van der Waals surface area contributed by atoms with Crippen molar-refractivity contribution in [3.8, 4) is 17.6 Å². The fourth-order valence-electron chi connectivity index (χ4n) is 1.79. The van der Waals surface area contributed by atoms with Crippen molar-refractivity contribution >= 4 is 0 Å². The average molecular weight is 260 g/mol. The molecule has 1 saturated carbocycles. The predicted molar refractivity (Wildman–Crippen MR) is 73.4 cm³/mol. The zero-order valence-electron chi connectivity index (χ0n) is 11.5. The van der Waals surface area contributed by atoms with Crippen LogP contribution in [0.15, 0.2) is 18.2 Å². The zero-order chi connectivity index (χ0) is 13.7. The smallest absolute Gasteiger partial charge is 0.124 e. The van der Waals surface area contributed by atoms with E-state index in [9.17, 15) is 0 Å². The highest BCUT2D eigenvalue weighted by molar-refractivity contribution is 5.43. The maximum atomic E-state index is 8.94. The van der Waals surface area contributed by atoms with Gasteiger partial charge in [0.05, 0.1) is 25.3 Å². The number of hydrogen-bond acceptors (Lipinski definition) is 4. The Labute approximate surface area is 114 Å². The van der Waals surface area contributed by atoms with Crippen molar-refractivity contribution in [1.82, 2.24) is 5.32 Å². The van der Waals surface area contributed by atoms with Crippen molar-refractivity contribution in [3.05, 3.63) is 23.8 Å². The maximum absolute atomic E-state index is 8.94. The Bertz CT molecular complexity index is 464. The highest BCUT2D eigenvalue weighted by atomic mass is 16.5. The molecule has 4 nitrogen and oxygen atoms in total. The van der Waals surface area contributed by atoms with Crippen LogP contribution in [0.3, 0.4) is 0 Å². The normalized spacial score (nSPS) is 15.6. The van der Waals surface area contributed by atoms with Gasteiger partial charge in [0.1, 0.15) is 11.5 Å². The summed E-state index contributed by atoms with van der Waals surface area (Å²) < 4.78 is 10.9. The lowest BCUT2D eigenvalue weighted by Crippen LogP contribution is -2.26. The van der Waals surface area contributed by atoms with E-state index in [0.29, 0.717) is 29.6 Å². The minimum absolute atomic E-state index is 0.442. The molecule has 0 spiro atoms. The van der Waals surface area contributed by atoms with Crippen LogP contribution in [0.25, 0.3) is 0 Å². The van der Waals surface area contributed by atoms with Crippen LogP contribution in [0, 0.1) is 17.2 Å². The fraction of sp³-hybridized carbons (Fsp3) is 0.533. The molecule has 0 aromatic heterocycles. The monoisotopic (exact) mass is 260 g/mol. The molecule has 1 aromatic carbocycles. The topological polar surface area (TPSA) is 54.3 Å². The van der Waals surface area contributed by atoms with Gasteiger partial charge in [0.15, 0.2) is 0 Å². The summed E-state index contributed by atoms with van der Waals surface area (Å²) in [5.74, 6) is 1.78. The lowest BCUT2D eigenvalue weighted by atomic mass is 10.2. The van der Waals surface area contributed by atoms with Gasteiger partial charge in [-0.15, -0.1) is 0 Å². The zero-order valence-corrected chi connectivity index (χ0v) is 11.5. The van der Waals surface area contributed by atoms with Gasteiger partial charge < -0.3 is 14.8 Å². The van der Waals surface area contributed by atoms with E-state index in [1.165, 1.54) is 12.8 Å². The third-order valence-corrected chi connectivity index (χ3v) is 3.11. The Kier molecular flexibility index (Phi) is 4.64. The van der Waals surface area contributed by atoms with Crippen molar-refractivity contribution < 1.29 is 9.47 Å². The molecule has 0 heterocycles. The molecule has 1 N–H and O–H groups in total. The number of rotatable bonds is 7. The Morgan fingerprint density at radius 1 is 1.37 bits per heavy atom. The highest BCUT2D eigenvalue weighted by Gasteiger charge is 2.20. The van der Waals surface area contributed by atoms with Crippen LogP contribution in [0.2, 0.25) is 0 Å². The quantitative estimate of drug-likeness (QED) is 0.817. The maximum Gasteiger partial charge on any atom is 0.124 e. The van der Waals surface area contributed by atoms with Gasteiger partial charge in [-0.1, -0.05) is 6.92 Å². The first kappa shape index (κ1) is 13.7. The van der Waals surface area contributed by atoms with E-state index in [1.54, 1.807) is 19.2 Å². The number of hydrogen-bond donors (Lipinski definition) is 1. The van der Waals surface area contributed by atoms with Crippen molar-refractivity contribution in [2.75, 3.05) is 20.3 Å². The van der Waals surface area contributed by atoms with Crippen molar-refractivity contribution in [3.63, 3.8) is 0 Å². The predicted octanol–water partition coefficient (Wildman–Crippen LogP) is 2.33. The third-order valence-electron chi connectivity index (χ3n) is 3.11. The summed E-state index contributed by atoms with van der Waals surface area (Å²) in [4.78, 5) is 0. The highest BCUT2D eigenvalue weighted by Crippen LogP contribution is 2.23. The van der Waals surface area contributed by atoms with Crippen LogP contribution in [-0.2, 0) is 0 Å². The number of methoxy groups -OCH3 is 1. The van der Waals surface area contributed by atoms with Gasteiger partial charge in [-0.25, -0.2) is 0 Å².